The Kier molecular flexibility index (Phi) is 9.91. The molecule has 1 saturated heterocycles. The van der Waals surface area contributed by atoms with Crippen LogP contribution < -0.4 is 16.0 Å². The lowest BCUT2D eigenvalue weighted by Crippen LogP contribution is -2.45. The van der Waals surface area contributed by atoms with Crippen LogP contribution in [0.5, 0.6) is 0 Å². The normalized spacial score (nSPS) is 13.7. The Morgan fingerprint density at radius 3 is 1.94 bits per heavy atom. The number of anilines is 3. The maximum atomic E-state index is 12.7. The number of rotatable bonds is 11. The summed E-state index contributed by atoms with van der Waals surface area (Å²) in [4.78, 5) is 26.7. The van der Waals surface area contributed by atoms with Gasteiger partial charge in [-0.15, -0.1) is 0 Å². The van der Waals surface area contributed by atoms with E-state index in [0.29, 0.717) is 12.3 Å². The summed E-state index contributed by atoms with van der Waals surface area (Å²) in [5, 5.41) is 10.3. The second-order valence-electron chi connectivity index (χ2n) is 12.5. The summed E-state index contributed by atoms with van der Waals surface area (Å²) < 4.78 is 6.33. The number of hydrogen-bond donors (Lipinski definition) is 3. The molecule has 0 aliphatic carbocycles. The number of aromatic nitrogens is 2. The Labute approximate surface area is 287 Å². The minimum atomic E-state index is -0.267. The summed E-state index contributed by atoms with van der Waals surface area (Å²) in [5.41, 5.74) is 7.45. The highest BCUT2D eigenvalue weighted by Gasteiger charge is 2.22. The maximum absolute atomic E-state index is 12.7. The number of benzene rings is 4. The van der Waals surface area contributed by atoms with Crippen LogP contribution in [-0.2, 0) is 12.8 Å². The quantitative estimate of drug-likeness (QED) is 0.132. The lowest BCUT2D eigenvalue weighted by molar-refractivity contribution is 0.155. The Morgan fingerprint density at radius 1 is 0.714 bits per heavy atom. The van der Waals surface area contributed by atoms with E-state index in [2.05, 4.69) is 67.0 Å². The molecule has 9 heteroatoms. The zero-order chi connectivity index (χ0) is 33.4. The van der Waals surface area contributed by atoms with Crippen LogP contribution in [0.4, 0.5) is 22.0 Å². The molecule has 4 aromatic carbocycles. The molecule has 0 unspecified atom stereocenters. The van der Waals surface area contributed by atoms with Crippen molar-refractivity contribution in [3.8, 4) is 22.5 Å². The number of furan rings is 1. The lowest BCUT2D eigenvalue weighted by atomic mass is 9.99. The van der Waals surface area contributed by atoms with Gasteiger partial charge in [0.25, 0.3) is 0 Å². The minimum Gasteiger partial charge on any atom is -0.437 e. The van der Waals surface area contributed by atoms with Gasteiger partial charge >= 0.3 is 6.03 Å². The van der Waals surface area contributed by atoms with E-state index in [0.717, 1.165) is 96.2 Å². The Hall–Kier alpha value is -5.51. The van der Waals surface area contributed by atoms with Gasteiger partial charge in [0, 0.05) is 61.8 Å². The van der Waals surface area contributed by atoms with Gasteiger partial charge in [0.2, 0.25) is 5.71 Å². The van der Waals surface area contributed by atoms with Gasteiger partial charge in [0.05, 0.1) is 5.39 Å². The smallest absolute Gasteiger partial charge is 0.323 e. The fourth-order valence-corrected chi connectivity index (χ4v) is 6.23. The third-order valence-corrected chi connectivity index (χ3v) is 9.03. The number of carbonyl (C=O) groups excluding carboxylic acids is 1. The van der Waals surface area contributed by atoms with E-state index >= 15 is 0 Å². The van der Waals surface area contributed by atoms with Crippen molar-refractivity contribution < 1.29 is 9.21 Å². The molecule has 2 aromatic heterocycles. The van der Waals surface area contributed by atoms with Crippen LogP contribution in [0.3, 0.4) is 0 Å². The zero-order valence-corrected chi connectivity index (χ0v) is 27.7. The fourth-order valence-electron chi connectivity index (χ4n) is 6.23. The number of fused-ring (bicyclic) bond motifs is 1. The molecule has 7 rings (SSSR count). The molecule has 3 N–H and O–H groups in total. The summed E-state index contributed by atoms with van der Waals surface area (Å²) in [6.07, 6.45) is 3.31. The van der Waals surface area contributed by atoms with E-state index in [4.69, 9.17) is 4.42 Å². The number of hydrogen-bond acceptors (Lipinski definition) is 7. The SMILES string of the molecule is CN1CCN(CCc2ccc(NC(=O)Nc3ccc(CCNc4ncnc5oc(-c6ccccc6)c(-c6ccccc6)c45)cc3)cc2)CC1. The van der Waals surface area contributed by atoms with Crippen molar-refractivity contribution in [3.05, 3.63) is 127 Å². The van der Waals surface area contributed by atoms with E-state index in [-0.39, 0.29) is 6.03 Å². The van der Waals surface area contributed by atoms with Crippen molar-refractivity contribution in [2.24, 2.45) is 0 Å². The third kappa shape index (κ3) is 7.97. The van der Waals surface area contributed by atoms with Crippen molar-refractivity contribution >= 4 is 34.3 Å². The molecule has 0 radical (unpaired) electrons. The molecule has 9 nitrogen and oxygen atoms in total. The number of likely N-dealkylation sites (N-methyl/N-ethyl adjacent to an activating group) is 1. The van der Waals surface area contributed by atoms with Crippen molar-refractivity contribution in [3.63, 3.8) is 0 Å². The van der Waals surface area contributed by atoms with Crippen LogP contribution in [0.2, 0.25) is 0 Å². The van der Waals surface area contributed by atoms with Crippen LogP contribution >= 0.6 is 0 Å². The molecule has 3 heterocycles. The number of urea groups is 1. The lowest BCUT2D eigenvalue weighted by Gasteiger charge is -2.32. The van der Waals surface area contributed by atoms with Crippen molar-refractivity contribution in [1.29, 1.82) is 0 Å². The Bertz CT molecular complexity index is 1970. The highest BCUT2D eigenvalue weighted by molar-refractivity contribution is 6.05. The average Bonchev–Trinajstić information content (AvgIpc) is 3.54. The molecule has 2 amide bonds. The van der Waals surface area contributed by atoms with Crippen molar-refractivity contribution in [2.45, 2.75) is 12.8 Å². The van der Waals surface area contributed by atoms with Gasteiger partial charge in [-0.25, -0.2) is 14.8 Å². The molecule has 248 valence electrons. The van der Waals surface area contributed by atoms with Gasteiger partial charge in [0.15, 0.2) is 0 Å². The second-order valence-corrected chi connectivity index (χ2v) is 12.5. The first-order valence-corrected chi connectivity index (χ1v) is 16.9. The van der Waals surface area contributed by atoms with E-state index in [9.17, 15) is 4.79 Å². The number of piperazine rings is 1. The maximum Gasteiger partial charge on any atom is 0.323 e. The summed E-state index contributed by atoms with van der Waals surface area (Å²) >= 11 is 0. The average molecular weight is 652 g/mol. The molecule has 6 aromatic rings. The van der Waals surface area contributed by atoms with E-state index in [1.807, 2.05) is 84.9 Å². The van der Waals surface area contributed by atoms with Gasteiger partial charge in [-0.2, -0.15) is 0 Å². The molecule has 0 spiro atoms. The van der Waals surface area contributed by atoms with Crippen LogP contribution in [-0.4, -0.2) is 72.1 Å². The van der Waals surface area contributed by atoms with Gasteiger partial charge in [-0.1, -0.05) is 84.9 Å². The van der Waals surface area contributed by atoms with Gasteiger partial charge in [-0.3, -0.25) is 0 Å². The van der Waals surface area contributed by atoms with Gasteiger partial charge in [-0.05, 0) is 60.8 Å². The highest BCUT2D eigenvalue weighted by Crippen LogP contribution is 2.42. The molecular formula is C40H41N7O2. The molecule has 1 aliphatic heterocycles. The first kappa shape index (κ1) is 32.1. The highest BCUT2D eigenvalue weighted by atomic mass is 16.3. The largest absolute Gasteiger partial charge is 0.437 e. The summed E-state index contributed by atoms with van der Waals surface area (Å²) in [7, 11) is 2.18. The fraction of sp³-hybridized carbons (Fsp3) is 0.225. The second kappa shape index (κ2) is 15.1. The third-order valence-electron chi connectivity index (χ3n) is 9.03. The number of amides is 2. The predicted octanol–water partition coefficient (Wildman–Crippen LogP) is 7.65. The molecule has 1 fully saturated rings. The van der Waals surface area contributed by atoms with Crippen molar-refractivity contribution in [1.82, 2.24) is 19.8 Å². The standard InChI is InChI=1S/C40H41N7O2/c1-46-24-26-47(27-25-46)23-21-30-14-18-34(19-15-30)45-40(48)44-33-16-12-29(13-17-33)20-22-41-38-36-35(31-8-4-2-5-9-31)37(32-10-6-3-7-11-32)49-39(36)43-28-42-38/h2-19,28H,20-27H2,1H3,(H,41,42,43)(H2,44,45,48). The van der Waals surface area contributed by atoms with E-state index in [1.54, 1.807) is 0 Å². The molecule has 0 atom stereocenters. The molecular weight excluding hydrogens is 610 g/mol. The summed E-state index contributed by atoms with van der Waals surface area (Å²) in [6.45, 7) is 6.23. The van der Waals surface area contributed by atoms with E-state index < -0.39 is 0 Å². The van der Waals surface area contributed by atoms with Crippen molar-refractivity contribution in [2.75, 3.05) is 62.3 Å². The first-order valence-electron chi connectivity index (χ1n) is 16.9. The van der Waals surface area contributed by atoms with E-state index in [1.165, 1.54) is 11.9 Å². The monoisotopic (exact) mass is 651 g/mol. The molecule has 0 saturated carbocycles. The topological polar surface area (TPSA) is 98.6 Å². The van der Waals surface area contributed by atoms with Gasteiger partial charge < -0.3 is 30.2 Å². The molecule has 1 aliphatic rings. The zero-order valence-electron chi connectivity index (χ0n) is 27.7. The molecule has 49 heavy (non-hydrogen) atoms. The number of nitrogens with one attached hydrogen (secondary N) is 3. The Morgan fingerprint density at radius 2 is 1.31 bits per heavy atom. The Balaban J connectivity index is 0.939. The minimum absolute atomic E-state index is 0.267. The van der Waals surface area contributed by atoms with Gasteiger partial charge in [0.1, 0.15) is 17.9 Å². The van der Waals surface area contributed by atoms with Crippen LogP contribution in [0.1, 0.15) is 11.1 Å². The molecule has 0 bridgehead atoms. The number of carbonyl (C=O) groups is 1. The van der Waals surface area contributed by atoms with Crippen LogP contribution in [0.25, 0.3) is 33.6 Å². The first-order chi connectivity index (χ1) is 24.1. The summed E-state index contributed by atoms with van der Waals surface area (Å²) in [5.74, 6) is 1.50. The van der Waals surface area contributed by atoms with Crippen LogP contribution in [0, 0.1) is 0 Å². The number of nitrogens with zero attached hydrogens (tertiary/aromatic N) is 4. The van der Waals surface area contributed by atoms with Crippen LogP contribution in [0.15, 0.2) is 120 Å². The summed E-state index contributed by atoms with van der Waals surface area (Å²) in [6, 6.07) is 36.1. The predicted molar refractivity (Wildman–Crippen MR) is 198 cm³/mol.